The van der Waals surface area contributed by atoms with Crippen LogP contribution >= 0.6 is 0 Å². The Morgan fingerprint density at radius 3 is 1.95 bits per heavy atom. The summed E-state index contributed by atoms with van der Waals surface area (Å²) in [7, 11) is 0. The Kier molecular flexibility index (Phi) is 7.74. The van der Waals surface area contributed by atoms with Gasteiger partial charge in [-0.25, -0.2) is 4.99 Å². The number of hydrogen-bond acceptors (Lipinski definition) is 4. The third kappa shape index (κ3) is 5.66. The summed E-state index contributed by atoms with van der Waals surface area (Å²) in [5, 5.41) is 13.0. The molecule has 1 unspecified atom stereocenters. The molecule has 4 nitrogen and oxygen atoms in total. The van der Waals surface area contributed by atoms with E-state index in [9.17, 15) is 0 Å². The Morgan fingerprint density at radius 2 is 1.10 bits per heavy atom. The molecule has 0 saturated carbocycles. The zero-order valence-electron chi connectivity index (χ0n) is 32.7. The quantitative estimate of drug-likeness (QED) is 0.177. The van der Waals surface area contributed by atoms with Gasteiger partial charge in [-0.1, -0.05) is 151 Å². The summed E-state index contributed by atoms with van der Waals surface area (Å²) in [5.41, 5.74) is 16.6. The van der Waals surface area contributed by atoms with Crippen molar-refractivity contribution in [3.05, 3.63) is 216 Å². The molecular formula is C56H36N2O2. The minimum atomic E-state index is -0.216. The van der Waals surface area contributed by atoms with E-state index in [0.717, 1.165) is 94.2 Å². The molecule has 0 saturated heterocycles. The number of furan rings is 2. The molecule has 3 heterocycles. The molecule has 0 aliphatic carbocycles. The first-order valence-corrected chi connectivity index (χ1v) is 20.4. The lowest BCUT2D eigenvalue weighted by molar-refractivity contribution is 0.668. The van der Waals surface area contributed by atoms with Crippen LogP contribution in [0.4, 0.5) is 0 Å². The number of aliphatic imine (C=N–C) groups is 1. The fourth-order valence-corrected chi connectivity index (χ4v) is 9.07. The summed E-state index contributed by atoms with van der Waals surface area (Å²) < 4.78 is 12.9. The van der Waals surface area contributed by atoms with Crippen LogP contribution in [0.3, 0.4) is 0 Å². The fraction of sp³-hybridized carbons (Fsp3) is 0.0357. The van der Waals surface area contributed by atoms with E-state index in [1.165, 1.54) is 27.3 Å². The highest BCUT2D eigenvalue weighted by molar-refractivity contribution is 6.13. The SMILES string of the molecule is CC1=C=C(c2cc(-c3ccc(-c4cccc5ccccc45)cc3)cc3oc4ccccc4c23)N=C(c2ccc3ccccc3c2)NC1c1ccc2oc3ccccc3c2c1. The van der Waals surface area contributed by atoms with Gasteiger partial charge in [0.05, 0.1) is 6.04 Å². The highest BCUT2D eigenvalue weighted by Crippen LogP contribution is 2.41. The van der Waals surface area contributed by atoms with Crippen LogP contribution in [0.1, 0.15) is 29.7 Å². The minimum absolute atomic E-state index is 0.216. The lowest BCUT2D eigenvalue weighted by Crippen LogP contribution is -2.29. The van der Waals surface area contributed by atoms with Gasteiger partial charge in [0.2, 0.25) is 0 Å². The van der Waals surface area contributed by atoms with Crippen molar-refractivity contribution in [2.24, 2.45) is 4.99 Å². The van der Waals surface area contributed by atoms with Gasteiger partial charge >= 0.3 is 0 Å². The van der Waals surface area contributed by atoms with Gasteiger partial charge in [0.1, 0.15) is 33.9 Å². The predicted molar refractivity (Wildman–Crippen MR) is 248 cm³/mol. The molecule has 4 heteroatoms. The summed E-state index contributed by atoms with van der Waals surface area (Å²) in [6, 6.07) is 66.1. The van der Waals surface area contributed by atoms with Gasteiger partial charge in [-0.15, -0.1) is 0 Å². The first-order valence-electron chi connectivity index (χ1n) is 20.4. The van der Waals surface area contributed by atoms with Crippen LogP contribution in [-0.4, -0.2) is 5.84 Å². The van der Waals surface area contributed by atoms with Crippen LogP contribution in [0, 0.1) is 0 Å². The number of amidine groups is 1. The fourth-order valence-electron chi connectivity index (χ4n) is 9.07. The van der Waals surface area contributed by atoms with E-state index in [1.807, 2.05) is 24.3 Å². The molecule has 0 bridgehead atoms. The molecule has 9 aromatic carbocycles. The number of nitrogens with zero attached hydrogens (tertiary/aromatic N) is 1. The molecule has 282 valence electrons. The third-order valence-electron chi connectivity index (χ3n) is 12.1. The maximum Gasteiger partial charge on any atom is 0.136 e. The molecule has 0 radical (unpaired) electrons. The van der Waals surface area contributed by atoms with E-state index in [-0.39, 0.29) is 6.04 Å². The predicted octanol–water partition coefficient (Wildman–Crippen LogP) is 14.8. The van der Waals surface area contributed by atoms with E-state index < -0.39 is 0 Å². The second-order valence-corrected chi connectivity index (χ2v) is 15.7. The summed E-state index contributed by atoms with van der Waals surface area (Å²) in [5.74, 6) is 0.771. The second kappa shape index (κ2) is 13.6. The Hall–Kier alpha value is -7.91. The van der Waals surface area contributed by atoms with Crippen molar-refractivity contribution in [1.82, 2.24) is 5.32 Å². The number of hydrogen-bond donors (Lipinski definition) is 1. The summed E-state index contributed by atoms with van der Waals surface area (Å²) in [6.07, 6.45) is 0. The van der Waals surface area contributed by atoms with E-state index in [2.05, 4.69) is 182 Å². The Morgan fingerprint density at radius 1 is 0.450 bits per heavy atom. The minimum Gasteiger partial charge on any atom is -0.456 e. The summed E-state index contributed by atoms with van der Waals surface area (Å²) >= 11 is 0. The Balaban J connectivity index is 1.07. The normalized spacial score (nSPS) is 14.4. The van der Waals surface area contributed by atoms with Gasteiger partial charge in [0.15, 0.2) is 0 Å². The van der Waals surface area contributed by atoms with Gasteiger partial charge in [0, 0.05) is 32.7 Å². The first-order chi connectivity index (χ1) is 29.6. The number of nitrogens with one attached hydrogen (secondary N) is 1. The van der Waals surface area contributed by atoms with Crippen LogP contribution in [0.5, 0.6) is 0 Å². The molecular weight excluding hydrogens is 733 g/mol. The monoisotopic (exact) mass is 768 g/mol. The molecule has 0 amide bonds. The van der Waals surface area contributed by atoms with Crippen LogP contribution < -0.4 is 5.32 Å². The lowest BCUT2D eigenvalue weighted by Gasteiger charge is -2.21. The molecule has 1 N–H and O–H groups in total. The number of fused-ring (bicyclic) bond motifs is 8. The molecule has 60 heavy (non-hydrogen) atoms. The van der Waals surface area contributed by atoms with Crippen LogP contribution in [0.2, 0.25) is 0 Å². The van der Waals surface area contributed by atoms with Gasteiger partial charge in [0.25, 0.3) is 0 Å². The largest absolute Gasteiger partial charge is 0.456 e. The number of rotatable bonds is 5. The van der Waals surface area contributed by atoms with Crippen molar-refractivity contribution >= 4 is 77.0 Å². The maximum atomic E-state index is 6.64. The van der Waals surface area contributed by atoms with Crippen LogP contribution in [0.15, 0.2) is 213 Å². The van der Waals surface area contributed by atoms with Crippen molar-refractivity contribution in [3.63, 3.8) is 0 Å². The average molecular weight is 769 g/mol. The molecule has 1 atom stereocenters. The zero-order valence-corrected chi connectivity index (χ0v) is 32.7. The smallest absolute Gasteiger partial charge is 0.136 e. The van der Waals surface area contributed by atoms with E-state index in [0.29, 0.717) is 0 Å². The van der Waals surface area contributed by atoms with Gasteiger partial charge in [-0.05, 0) is 104 Å². The van der Waals surface area contributed by atoms with Crippen LogP contribution in [0.25, 0.3) is 93.4 Å². The highest BCUT2D eigenvalue weighted by Gasteiger charge is 2.24. The van der Waals surface area contributed by atoms with Crippen molar-refractivity contribution in [2.45, 2.75) is 13.0 Å². The van der Waals surface area contributed by atoms with Gasteiger partial charge in [-0.3, -0.25) is 0 Å². The number of benzene rings is 9. The molecule has 12 rings (SSSR count). The highest BCUT2D eigenvalue weighted by atomic mass is 16.3. The standard InChI is InChI=1S/C56H36N2O2/c1-34-29-49(57-56(41-26-23-35-11-2-3-13-39(35)30-41)58-55(34)40-27-28-52-47(31-40)45-16-6-8-19-50(45)59-52)48-32-42(33-53-54(48)46-17-7-9-20-51(46)60-53)36-21-24-38(25-22-36)44-18-10-14-37-12-4-5-15-43(37)44/h2-28,30-33,55H,1H3,(H,57,58). The third-order valence-corrected chi connectivity index (χ3v) is 12.1. The summed E-state index contributed by atoms with van der Waals surface area (Å²) in [4.78, 5) is 5.54. The lowest BCUT2D eigenvalue weighted by atomic mass is 9.94. The van der Waals surface area contributed by atoms with E-state index in [1.54, 1.807) is 0 Å². The molecule has 1 aliphatic rings. The van der Waals surface area contributed by atoms with Crippen molar-refractivity contribution in [1.29, 1.82) is 0 Å². The van der Waals surface area contributed by atoms with Gasteiger partial charge in [-0.2, -0.15) is 0 Å². The molecule has 11 aromatic rings. The van der Waals surface area contributed by atoms with Crippen molar-refractivity contribution in [3.8, 4) is 22.3 Å². The Labute approximate surface area is 346 Å². The number of para-hydroxylation sites is 2. The molecule has 1 aliphatic heterocycles. The summed E-state index contributed by atoms with van der Waals surface area (Å²) in [6.45, 7) is 2.15. The van der Waals surface area contributed by atoms with E-state index in [4.69, 9.17) is 13.8 Å². The van der Waals surface area contributed by atoms with E-state index >= 15 is 0 Å². The zero-order chi connectivity index (χ0) is 39.7. The topological polar surface area (TPSA) is 50.7 Å². The second-order valence-electron chi connectivity index (χ2n) is 15.7. The van der Waals surface area contributed by atoms with Crippen molar-refractivity contribution in [2.75, 3.05) is 0 Å². The molecule has 0 spiro atoms. The molecule has 0 fully saturated rings. The molecule has 2 aromatic heterocycles. The van der Waals surface area contributed by atoms with Crippen LogP contribution in [-0.2, 0) is 0 Å². The first kappa shape index (κ1) is 34.2. The van der Waals surface area contributed by atoms with Crippen molar-refractivity contribution < 1.29 is 8.83 Å². The Bertz CT molecular complexity index is 3630. The average Bonchev–Trinajstić information content (AvgIpc) is 3.81. The van der Waals surface area contributed by atoms with Gasteiger partial charge < -0.3 is 14.2 Å². The maximum absolute atomic E-state index is 6.64.